The van der Waals surface area contributed by atoms with E-state index < -0.39 is 0 Å². The van der Waals surface area contributed by atoms with Gasteiger partial charge < -0.3 is 5.32 Å². The van der Waals surface area contributed by atoms with Crippen LogP contribution in [0.5, 0.6) is 0 Å². The lowest BCUT2D eigenvalue weighted by atomic mass is 10.0. The number of nitrogens with one attached hydrogen (secondary N) is 1. The molecule has 0 bridgehead atoms. The van der Waals surface area contributed by atoms with Crippen LogP contribution >= 0.6 is 0 Å². The fourth-order valence-electron chi connectivity index (χ4n) is 2.35. The van der Waals surface area contributed by atoms with Crippen molar-refractivity contribution in [3.8, 4) is 0 Å². The van der Waals surface area contributed by atoms with E-state index in [9.17, 15) is 0 Å². The molecule has 1 atom stereocenters. The van der Waals surface area contributed by atoms with E-state index in [0.717, 1.165) is 19.5 Å². The molecule has 0 aliphatic carbocycles. The molecule has 3 nitrogen and oxygen atoms in total. The van der Waals surface area contributed by atoms with E-state index in [0.29, 0.717) is 6.04 Å². The van der Waals surface area contributed by atoms with Gasteiger partial charge in [0.15, 0.2) is 0 Å². The maximum Gasteiger partial charge on any atom is 0.0607 e. The third kappa shape index (κ3) is 3.48. The van der Waals surface area contributed by atoms with Gasteiger partial charge in [0.2, 0.25) is 0 Å². The monoisotopic (exact) mass is 271 g/mol. The summed E-state index contributed by atoms with van der Waals surface area (Å²) in [5.41, 5.74) is 5.25. The Kier molecular flexibility index (Phi) is 4.96. The molecule has 1 aromatic carbocycles. The van der Waals surface area contributed by atoms with Gasteiger partial charge in [-0.3, -0.25) is 4.68 Å². The molecular formula is C17H25N3. The molecule has 0 saturated carbocycles. The van der Waals surface area contributed by atoms with E-state index in [1.54, 1.807) is 0 Å². The van der Waals surface area contributed by atoms with Crippen LogP contribution in [-0.2, 0) is 6.54 Å². The number of aryl methyl sites for hydroxylation is 3. The number of hydrogen-bond acceptors (Lipinski definition) is 2. The van der Waals surface area contributed by atoms with Gasteiger partial charge in [-0.1, -0.05) is 25.1 Å². The zero-order chi connectivity index (χ0) is 14.5. The molecule has 2 aromatic rings. The van der Waals surface area contributed by atoms with Crippen molar-refractivity contribution >= 4 is 0 Å². The van der Waals surface area contributed by atoms with Crippen molar-refractivity contribution in [2.24, 2.45) is 0 Å². The van der Waals surface area contributed by atoms with Gasteiger partial charge >= 0.3 is 0 Å². The van der Waals surface area contributed by atoms with Gasteiger partial charge in [0.1, 0.15) is 0 Å². The first kappa shape index (κ1) is 14.8. The van der Waals surface area contributed by atoms with E-state index >= 15 is 0 Å². The van der Waals surface area contributed by atoms with Crippen LogP contribution in [0.3, 0.4) is 0 Å². The van der Waals surface area contributed by atoms with Crippen LogP contribution < -0.4 is 5.32 Å². The van der Waals surface area contributed by atoms with Crippen LogP contribution in [0.2, 0.25) is 0 Å². The summed E-state index contributed by atoms with van der Waals surface area (Å²) in [7, 11) is 0. The first-order valence-electron chi connectivity index (χ1n) is 7.40. The zero-order valence-electron chi connectivity index (χ0n) is 13.0. The quantitative estimate of drug-likeness (QED) is 0.870. The second kappa shape index (κ2) is 6.71. The predicted octanol–water partition coefficient (Wildman–Crippen LogP) is 3.55. The molecule has 2 rings (SSSR count). The highest BCUT2D eigenvalue weighted by Gasteiger charge is 2.13. The molecule has 0 amide bonds. The highest BCUT2D eigenvalue weighted by Crippen LogP contribution is 2.19. The van der Waals surface area contributed by atoms with Crippen molar-refractivity contribution in [3.05, 3.63) is 52.8 Å². The van der Waals surface area contributed by atoms with Gasteiger partial charge in [0.25, 0.3) is 0 Å². The Labute approximate surface area is 122 Å². The lowest BCUT2D eigenvalue weighted by Crippen LogP contribution is -2.27. The van der Waals surface area contributed by atoms with E-state index in [-0.39, 0.29) is 0 Å². The highest BCUT2D eigenvalue weighted by atomic mass is 15.3. The maximum atomic E-state index is 4.41. The normalized spacial score (nSPS) is 12.6. The fourth-order valence-corrected chi connectivity index (χ4v) is 2.35. The first-order chi connectivity index (χ1) is 9.61. The van der Waals surface area contributed by atoms with E-state index in [2.05, 4.69) is 67.1 Å². The molecule has 1 N–H and O–H groups in total. The first-order valence-corrected chi connectivity index (χ1v) is 7.40. The number of aromatic nitrogens is 2. The average Bonchev–Trinajstić information content (AvgIpc) is 2.83. The van der Waals surface area contributed by atoms with Crippen molar-refractivity contribution in [3.63, 3.8) is 0 Å². The Bertz CT molecular complexity index is 557. The zero-order valence-corrected chi connectivity index (χ0v) is 13.0. The SMILES string of the molecule is CCCNC(Cn1nccc1C)c1ccc(C)c(C)c1. The molecule has 1 heterocycles. The number of benzene rings is 1. The number of hydrogen-bond donors (Lipinski definition) is 1. The molecule has 1 unspecified atom stereocenters. The molecule has 0 aliphatic heterocycles. The lowest BCUT2D eigenvalue weighted by molar-refractivity contribution is 0.433. The van der Waals surface area contributed by atoms with E-state index in [1.807, 2.05) is 6.20 Å². The topological polar surface area (TPSA) is 29.9 Å². The van der Waals surface area contributed by atoms with Gasteiger partial charge in [-0.15, -0.1) is 0 Å². The van der Waals surface area contributed by atoms with Crippen molar-refractivity contribution in [1.29, 1.82) is 0 Å². The predicted molar refractivity (Wildman–Crippen MR) is 83.9 cm³/mol. The number of rotatable bonds is 6. The summed E-state index contributed by atoms with van der Waals surface area (Å²) >= 11 is 0. The van der Waals surface area contributed by atoms with Crippen molar-refractivity contribution in [2.75, 3.05) is 6.54 Å². The van der Waals surface area contributed by atoms with Crippen LogP contribution in [0.25, 0.3) is 0 Å². The Morgan fingerprint density at radius 1 is 1.15 bits per heavy atom. The van der Waals surface area contributed by atoms with Crippen LogP contribution in [0.15, 0.2) is 30.5 Å². The van der Waals surface area contributed by atoms with Gasteiger partial charge in [-0.2, -0.15) is 5.10 Å². The fraction of sp³-hybridized carbons (Fsp3) is 0.471. The van der Waals surface area contributed by atoms with Gasteiger partial charge in [0, 0.05) is 11.9 Å². The van der Waals surface area contributed by atoms with Gasteiger partial charge in [0.05, 0.1) is 12.6 Å². The maximum absolute atomic E-state index is 4.41. The van der Waals surface area contributed by atoms with Crippen molar-refractivity contribution < 1.29 is 0 Å². The Morgan fingerprint density at radius 3 is 2.55 bits per heavy atom. The van der Waals surface area contributed by atoms with Crippen molar-refractivity contribution in [2.45, 2.75) is 46.7 Å². The summed E-state index contributed by atoms with van der Waals surface area (Å²) in [6.45, 7) is 10.5. The third-order valence-corrected chi connectivity index (χ3v) is 3.86. The summed E-state index contributed by atoms with van der Waals surface area (Å²) in [5.74, 6) is 0. The lowest BCUT2D eigenvalue weighted by Gasteiger charge is -2.21. The van der Waals surface area contributed by atoms with Crippen molar-refractivity contribution in [1.82, 2.24) is 15.1 Å². The van der Waals surface area contributed by atoms with Gasteiger partial charge in [-0.25, -0.2) is 0 Å². The molecule has 0 aliphatic rings. The molecule has 0 saturated heterocycles. The van der Waals surface area contributed by atoms with Crippen LogP contribution in [0, 0.1) is 20.8 Å². The highest BCUT2D eigenvalue weighted by molar-refractivity contribution is 5.31. The molecule has 1 aromatic heterocycles. The van der Waals surface area contributed by atoms with E-state index in [1.165, 1.54) is 22.4 Å². The van der Waals surface area contributed by atoms with Crippen LogP contribution in [0.1, 0.15) is 41.8 Å². The Balaban J connectivity index is 2.22. The molecule has 0 spiro atoms. The molecule has 0 radical (unpaired) electrons. The summed E-state index contributed by atoms with van der Waals surface area (Å²) in [4.78, 5) is 0. The summed E-state index contributed by atoms with van der Waals surface area (Å²) < 4.78 is 2.07. The molecule has 20 heavy (non-hydrogen) atoms. The van der Waals surface area contributed by atoms with Crippen LogP contribution in [0.4, 0.5) is 0 Å². The summed E-state index contributed by atoms with van der Waals surface area (Å²) in [5, 5.41) is 8.04. The summed E-state index contributed by atoms with van der Waals surface area (Å²) in [6.07, 6.45) is 3.01. The largest absolute Gasteiger partial charge is 0.308 e. The minimum atomic E-state index is 0.313. The molecular weight excluding hydrogens is 246 g/mol. The average molecular weight is 271 g/mol. The minimum absolute atomic E-state index is 0.313. The second-order valence-electron chi connectivity index (χ2n) is 5.51. The molecule has 108 valence electrons. The Hall–Kier alpha value is -1.61. The smallest absolute Gasteiger partial charge is 0.0607 e. The number of nitrogens with zero attached hydrogens (tertiary/aromatic N) is 2. The second-order valence-corrected chi connectivity index (χ2v) is 5.51. The summed E-state index contributed by atoms with van der Waals surface area (Å²) in [6, 6.07) is 9.10. The van der Waals surface area contributed by atoms with E-state index in [4.69, 9.17) is 0 Å². The Morgan fingerprint density at radius 2 is 1.95 bits per heavy atom. The molecule has 0 fully saturated rings. The van der Waals surface area contributed by atoms with Crippen LogP contribution in [-0.4, -0.2) is 16.3 Å². The minimum Gasteiger partial charge on any atom is -0.308 e. The third-order valence-electron chi connectivity index (χ3n) is 3.86. The molecule has 3 heteroatoms. The van der Waals surface area contributed by atoms with Gasteiger partial charge in [-0.05, 0) is 56.5 Å². The standard InChI is InChI=1S/C17H25N3/c1-5-9-18-17(12-20-15(4)8-10-19-20)16-7-6-13(2)14(3)11-16/h6-8,10-11,17-18H,5,9,12H2,1-4H3.